The Morgan fingerprint density at radius 1 is 1.36 bits per heavy atom. The quantitative estimate of drug-likeness (QED) is 0.712. The second-order valence-corrected chi connectivity index (χ2v) is 3.69. The van der Waals surface area contributed by atoms with Crippen LogP contribution in [-0.2, 0) is 0 Å². The molecule has 1 aromatic rings. The summed E-state index contributed by atoms with van der Waals surface area (Å²) in [4.78, 5) is 0. The average Bonchev–Trinajstić information content (AvgIpc) is 2.15. The molecule has 0 atom stereocenters. The van der Waals surface area contributed by atoms with Crippen LogP contribution in [0.2, 0.25) is 0 Å². The Labute approximate surface area is 84.9 Å². The topological polar surface area (TPSA) is 9.23 Å². The summed E-state index contributed by atoms with van der Waals surface area (Å²) in [5, 5.41) is 0. The zero-order valence-electron chi connectivity index (χ0n) is 9.01. The molecule has 0 amide bonds. The van der Waals surface area contributed by atoms with Gasteiger partial charge in [-0.15, -0.1) is 0 Å². The van der Waals surface area contributed by atoms with Crippen molar-refractivity contribution < 1.29 is 9.13 Å². The summed E-state index contributed by atoms with van der Waals surface area (Å²) in [6.45, 7) is 6.81. The van der Waals surface area contributed by atoms with E-state index in [1.807, 2.05) is 13.8 Å². The fraction of sp³-hybridized carbons (Fsp3) is 0.500. The maximum Gasteiger partial charge on any atom is 0.123 e. The first kappa shape index (κ1) is 11.0. The molecular formula is C12H17FO. The van der Waals surface area contributed by atoms with Crippen LogP contribution < -0.4 is 4.74 Å². The summed E-state index contributed by atoms with van der Waals surface area (Å²) < 4.78 is 18.5. The standard InChI is InChI=1S/C12H17FO/c1-4-7-14-12-6-5-10(13)8-11(12)9(2)3/h5-6,8-9H,4,7H2,1-3H3. The predicted molar refractivity (Wildman–Crippen MR) is 56.3 cm³/mol. The van der Waals surface area contributed by atoms with Crippen LogP contribution in [0.4, 0.5) is 4.39 Å². The molecule has 0 unspecified atom stereocenters. The van der Waals surface area contributed by atoms with Crippen molar-refractivity contribution in [2.75, 3.05) is 6.61 Å². The van der Waals surface area contributed by atoms with E-state index in [4.69, 9.17) is 4.74 Å². The second kappa shape index (κ2) is 4.99. The Morgan fingerprint density at radius 3 is 2.64 bits per heavy atom. The lowest BCUT2D eigenvalue weighted by molar-refractivity contribution is 0.312. The van der Waals surface area contributed by atoms with Crippen LogP contribution >= 0.6 is 0 Å². The zero-order valence-corrected chi connectivity index (χ0v) is 9.01. The van der Waals surface area contributed by atoms with E-state index < -0.39 is 0 Å². The van der Waals surface area contributed by atoms with E-state index >= 15 is 0 Å². The molecule has 0 saturated carbocycles. The van der Waals surface area contributed by atoms with Gasteiger partial charge < -0.3 is 4.74 Å². The first-order valence-corrected chi connectivity index (χ1v) is 5.07. The number of hydrogen-bond donors (Lipinski definition) is 0. The fourth-order valence-electron chi connectivity index (χ4n) is 1.31. The van der Waals surface area contributed by atoms with Crippen molar-refractivity contribution in [3.8, 4) is 5.75 Å². The highest BCUT2D eigenvalue weighted by Crippen LogP contribution is 2.27. The molecule has 0 aliphatic carbocycles. The Balaban J connectivity index is 2.90. The van der Waals surface area contributed by atoms with Gasteiger partial charge in [-0.25, -0.2) is 4.39 Å². The maximum absolute atomic E-state index is 13.0. The lowest BCUT2D eigenvalue weighted by Gasteiger charge is -2.13. The van der Waals surface area contributed by atoms with Crippen molar-refractivity contribution in [1.82, 2.24) is 0 Å². The minimum atomic E-state index is -0.197. The van der Waals surface area contributed by atoms with Crippen LogP contribution in [0.3, 0.4) is 0 Å². The van der Waals surface area contributed by atoms with Crippen molar-refractivity contribution in [2.24, 2.45) is 0 Å². The minimum Gasteiger partial charge on any atom is -0.493 e. The van der Waals surface area contributed by atoms with Crippen LogP contribution in [-0.4, -0.2) is 6.61 Å². The van der Waals surface area contributed by atoms with Gasteiger partial charge in [0.2, 0.25) is 0 Å². The van der Waals surface area contributed by atoms with E-state index in [2.05, 4.69) is 6.92 Å². The van der Waals surface area contributed by atoms with Crippen LogP contribution in [0.5, 0.6) is 5.75 Å². The van der Waals surface area contributed by atoms with Crippen LogP contribution in [0.25, 0.3) is 0 Å². The molecule has 2 heteroatoms. The molecule has 0 spiro atoms. The molecule has 14 heavy (non-hydrogen) atoms. The van der Waals surface area contributed by atoms with Gasteiger partial charge in [-0.3, -0.25) is 0 Å². The van der Waals surface area contributed by atoms with Gasteiger partial charge in [-0.05, 0) is 36.1 Å². The molecule has 0 bridgehead atoms. The van der Waals surface area contributed by atoms with Gasteiger partial charge in [-0.1, -0.05) is 20.8 Å². The Kier molecular flexibility index (Phi) is 3.93. The molecule has 0 radical (unpaired) electrons. The van der Waals surface area contributed by atoms with E-state index in [0.29, 0.717) is 6.61 Å². The normalized spacial score (nSPS) is 10.6. The Morgan fingerprint density at radius 2 is 2.07 bits per heavy atom. The molecule has 1 nitrogen and oxygen atoms in total. The summed E-state index contributed by atoms with van der Waals surface area (Å²) >= 11 is 0. The molecule has 0 fully saturated rings. The Hall–Kier alpha value is -1.05. The third-order valence-electron chi connectivity index (χ3n) is 2.06. The maximum atomic E-state index is 13.0. The van der Waals surface area contributed by atoms with Gasteiger partial charge in [0, 0.05) is 0 Å². The largest absolute Gasteiger partial charge is 0.493 e. The highest BCUT2D eigenvalue weighted by Gasteiger charge is 2.08. The summed E-state index contributed by atoms with van der Waals surface area (Å²) in [6.07, 6.45) is 0.967. The third-order valence-corrected chi connectivity index (χ3v) is 2.06. The number of halogens is 1. The average molecular weight is 196 g/mol. The molecule has 0 aromatic heterocycles. The van der Waals surface area contributed by atoms with Crippen molar-refractivity contribution >= 4 is 0 Å². The lowest BCUT2D eigenvalue weighted by Crippen LogP contribution is -2.00. The lowest BCUT2D eigenvalue weighted by atomic mass is 10.0. The van der Waals surface area contributed by atoms with Gasteiger partial charge >= 0.3 is 0 Å². The van der Waals surface area contributed by atoms with E-state index in [-0.39, 0.29) is 11.7 Å². The molecule has 0 heterocycles. The molecule has 0 aliphatic heterocycles. The molecule has 1 rings (SSSR count). The predicted octanol–water partition coefficient (Wildman–Crippen LogP) is 3.74. The minimum absolute atomic E-state index is 0.197. The van der Waals surface area contributed by atoms with Crippen molar-refractivity contribution in [2.45, 2.75) is 33.1 Å². The second-order valence-electron chi connectivity index (χ2n) is 3.69. The first-order valence-electron chi connectivity index (χ1n) is 5.07. The van der Waals surface area contributed by atoms with Crippen molar-refractivity contribution in [1.29, 1.82) is 0 Å². The molecule has 0 aliphatic rings. The number of rotatable bonds is 4. The van der Waals surface area contributed by atoms with Gasteiger partial charge in [0.15, 0.2) is 0 Å². The van der Waals surface area contributed by atoms with Gasteiger partial charge in [0.1, 0.15) is 11.6 Å². The molecule has 78 valence electrons. The summed E-state index contributed by atoms with van der Waals surface area (Å²) in [7, 11) is 0. The van der Waals surface area contributed by atoms with Crippen LogP contribution in [0, 0.1) is 5.82 Å². The molecule has 0 saturated heterocycles. The Bertz CT molecular complexity index is 294. The molecule has 0 N–H and O–H groups in total. The number of hydrogen-bond acceptors (Lipinski definition) is 1. The number of benzene rings is 1. The van der Waals surface area contributed by atoms with E-state index in [1.165, 1.54) is 6.07 Å². The first-order chi connectivity index (χ1) is 6.65. The van der Waals surface area contributed by atoms with Gasteiger partial charge in [0.05, 0.1) is 6.61 Å². The summed E-state index contributed by atoms with van der Waals surface area (Å²) in [5.74, 6) is 0.901. The van der Waals surface area contributed by atoms with Crippen LogP contribution in [0.15, 0.2) is 18.2 Å². The van der Waals surface area contributed by atoms with Gasteiger partial charge in [0.25, 0.3) is 0 Å². The number of ether oxygens (including phenoxy) is 1. The highest BCUT2D eigenvalue weighted by atomic mass is 19.1. The summed E-state index contributed by atoms with van der Waals surface area (Å²) in [6, 6.07) is 4.70. The van der Waals surface area contributed by atoms with Crippen molar-refractivity contribution in [3.63, 3.8) is 0 Å². The molecule has 1 aromatic carbocycles. The SMILES string of the molecule is CCCOc1ccc(F)cc1C(C)C. The van der Waals surface area contributed by atoms with E-state index in [0.717, 1.165) is 17.7 Å². The monoisotopic (exact) mass is 196 g/mol. The molecular weight excluding hydrogens is 179 g/mol. The van der Waals surface area contributed by atoms with E-state index in [1.54, 1.807) is 12.1 Å². The third kappa shape index (κ3) is 2.72. The van der Waals surface area contributed by atoms with Crippen LogP contribution in [0.1, 0.15) is 38.7 Å². The van der Waals surface area contributed by atoms with Crippen molar-refractivity contribution in [3.05, 3.63) is 29.6 Å². The summed E-state index contributed by atoms with van der Waals surface area (Å²) in [5.41, 5.74) is 0.943. The fourth-order valence-corrected chi connectivity index (χ4v) is 1.31. The zero-order chi connectivity index (χ0) is 10.6. The smallest absolute Gasteiger partial charge is 0.123 e. The van der Waals surface area contributed by atoms with E-state index in [9.17, 15) is 4.39 Å². The highest BCUT2D eigenvalue weighted by molar-refractivity contribution is 5.36. The van der Waals surface area contributed by atoms with Gasteiger partial charge in [-0.2, -0.15) is 0 Å².